The molecular formula is C14H19NO2. The molecule has 0 amide bonds. The molecule has 3 heteroatoms. The Morgan fingerprint density at radius 1 is 1.24 bits per heavy atom. The molecule has 0 aliphatic carbocycles. The second kappa shape index (κ2) is 3.64. The summed E-state index contributed by atoms with van der Waals surface area (Å²) in [5.74, 6) is 1.22. The van der Waals surface area contributed by atoms with Crippen molar-refractivity contribution in [3.63, 3.8) is 0 Å². The largest absolute Gasteiger partial charge is 0.449 e. The molecule has 92 valence electrons. The van der Waals surface area contributed by atoms with Crippen LogP contribution in [0.5, 0.6) is 11.5 Å². The molecule has 0 aromatic heterocycles. The Kier molecular flexibility index (Phi) is 2.33. The van der Waals surface area contributed by atoms with Gasteiger partial charge in [-0.1, -0.05) is 0 Å². The van der Waals surface area contributed by atoms with Gasteiger partial charge in [0.05, 0.1) is 0 Å². The van der Waals surface area contributed by atoms with E-state index in [9.17, 15) is 0 Å². The lowest BCUT2D eigenvalue weighted by molar-refractivity contribution is -0.0431. The van der Waals surface area contributed by atoms with Crippen LogP contribution >= 0.6 is 0 Å². The fourth-order valence-electron chi connectivity index (χ4n) is 2.71. The summed E-state index contributed by atoms with van der Waals surface area (Å²) in [5, 5.41) is 3.53. The first-order valence-corrected chi connectivity index (χ1v) is 6.31. The third kappa shape index (κ3) is 1.89. The van der Waals surface area contributed by atoms with Gasteiger partial charge in [-0.3, -0.25) is 0 Å². The minimum Gasteiger partial charge on any atom is -0.449 e. The second-order valence-electron chi connectivity index (χ2n) is 5.41. The molecule has 3 rings (SSSR count). The molecule has 3 nitrogen and oxygen atoms in total. The van der Waals surface area contributed by atoms with E-state index in [4.69, 9.17) is 9.47 Å². The third-order valence-electron chi connectivity index (χ3n) is 3.48. The van der Waals surface area contributed by atoms with E-state index in [1.165, 1.54) is 24.0 Å². The van der Waals surface area contributed by atoms with Crippen molar-refractivity contribution in [2.24, 2.45) is 0 Å². The quantitative estimate of drug-likeness (QED) is 0.809. The molecule has 1 aromatic carbocycles. The highest BCUT2D eigenvalue weighted by Gasteiger charge is 2.33. The summed E-state index contributed by atoms with van der Waals surface area (Å²) >= 11 is 0. The van der Waals surface area contributed by atoms with Crippen molar-refractivity contribution >= 4 is 0 Å². The van der Waals surface area contributed by atoms with Gasteiger partial charge in [0.15, 0.2) is 11.5 Å². The van der Waals surface area contributed by atoms with E-state index in [1.54, 1.807) is 0 Å². The summed E-state index contributed by atoms with van der Waals surface area (Å²) < 4.78 is 11.5. The minimum atomic E-state index is -0.531. The summed E-state index contributed by atoms with van der Waals surface area (Å²) in [4.78, 5) is 0. The van der Waals surface area contributed by atoms with Gasteiger partial charge >= 0.3 is 0 Å². The molecule has 1 fully saturated rings. The van der Waals surface area contributed by atoms with Crippen molar-refractivity contribution in [2.45, 2.75) is 45.4 Å². The number of nitrogens with one attached hydrogen (secondary N) is 1. The van der Waals surface area contributed by atoms with Crippen LogP contribution in [0.3, 0.4) is 0 Å². The van der Waals surface area contributed by atoms with E-state index in [0.29, 0.717) is 6.04 Å². The Morgan fingerprint density at radius 3 is 2.59 bits per heavy atom. The van der Waals surface area contributed by atoms with E-state index >= 15 is 0 Å². The van der Waals surface area contributed by atoms with Gasteiger partial charge in [0.25, 0.3) is 0 Å². The standard InChI is InChI=1S/C14H19NO2/c1-9-7-12-13(17-14(2,3)16-12)8-10(9)11-5-4-6-15-11/h7-8,11,15H,4-6H2,1-3H3. The number of ether oxygens (including phenoxy) is 2. The Bertz CT molecular complexity index is 448. The first kappa shape index (κ1) is 10.9. The van der Waals surface area contributed by atoms with Crippen LogP contribution in [0.4, 0.5) is 0 Å². The average Bonchev–Trinajstić information content (AvgIpc) is 2.81. The van der Waals surface area contributed by atoms with E-state index in [-0.39, 0.29) is 0 Å². The first-order valence-electron chi connectivity index (χ1n) is 6.31. The molecule has 0 bridgehead atoms. The molecule has 17 heavy (non-hydrogen) atoms. The van der Waals surface area contributed by atoms with Gasteiger partial charge < -0.3 is 14.8 Å². The van der Waals surface area contributed by atoms with E-state index in [2.05, 4.69) is 24.4 Å². The van der Waals surface area contributed by atoms with Gasteiger partial charge in [0.1, 0.15) is 0 Å². The van der Waals surface area contributed by atoms with Crippen LogP contribution in [0.15, 0.2) is 12.1 Å². The zero-order chi connectivity index (χ0) is 12.0. The minimum absolute atomic E-state index is 0.479. The Hall–Kier alpha value is -1.22. The maximum atomic E-state index is 5.80. The Balaban J connectivity index is 1.97. The van der Waals surface area contributed by atoms with Crippen LogP contribution in [-0.2, 0) is 0 Å². The number of rotatable bonds is 1. The van der Waals surface area contributed by atoms with Crippen molar-refractivity contribution < 1.29 is 9.47 Å². The van der Waals surface area contributed by atoms with Crippen LogP contribution in [0.25, 0.3) is 0 Å². The fraction of sp³-hybridized carbons (Fsp3) is 0.571. The molecule has 1 N–H and O–H groups in total. The highest BCUT2D eigenvalue weighted by atomic mass is 16.7. The van der Waals surface area contributed by atoms with E-state index in [0.717, 1.165) is 18.0 Å². The van der Waals surface area contributed by atoms with Gasteiger partial charge in [-0.05, 0) is 49.6 Å². The van der Waals surface area contributed by atoms with Crippen LogP contribution in [0, 0.1) is 6.92 Å². The van der Waals surface area contributed by atoms with Crippen LogP contribution in [0.2, 0.25) is 0 Å². The lowest BCUT2D eigenvalue weighted by Gasteiger charge is -2.16. The molecule has 1 saturated heterocycles. The number of benzene rings is 1. The normalized spacial score (nSPS) is 25.2. The third-order valence-corrected chi connectivity index (χ3v) is 3.48. The lowest BCUT2D eigenvalue weighted by atomic mass is 9.99. The van der Waals surface area contributed by atoms with E-state index in [1.807, 2.05) is 13.8 Å². The predicted molar refractivity (Wildman–Crippen MR) is 66.5 cm³/mol. The Morgan fingerprint density at radius 2 is 1.94 bits per heavy atom. The SMILES string of the molecule is Cc1cc2c(cc1C1CCCN1)OC(C)(C)O2. The second-order valence-corrected chi connectivity index (χ2v) is 5.41. The Labute approximate surface area is 102 Å². The maximum absolute atomic E-state index is 5.80. The fourth-order valence-corrected chi connectivity index (χ4v) is 2.71. The van der Waals surface area contributed by atoms with Crippen molar-refractivity contribution in [1.82, 2.24) is 5.32 Å². The lowest BCUT2D eigenvalue weighted by Crippen LogP contribution is -2.29. The highest BCUT2D eigenvalue weighted by molar-refractivity contribution is 5.50. The smallest absolute Gasteiger partial charge is 0.246 e. The van der Waals surface area contributed by atoms with Gasteiger partial charge in [0.2, 0.25) is 5.79 Å². The van der Waals surface area contributed by atoms with Gasteiger partial charge in [0, 0.05) is 19.9 Å². The summed E-state index contributed by atoms with van der Waals surface area (Å²) in [6, 6.07) is 4.72. The van der Waals surface area contributed by atoms with Crippen molar-refractivity contribution in [3.8, 4) is 11.5 Å². The number of fused-ring (bicyclic) bond motifs is 1. The summed E-state index contributed by atoms with van der Waals surface area (Å²) in [7, 11) is 0. The first-order chi connectivity index (χ1) is 8.05. The number of hydrogen-bond donors (Lipinski definition) is 1. The predicted octanol–water partition coefficient (Wildman–Crippen LogP) is 2.93. The van der Waals surface area contributed by atoms with Crippen molar-refractivity contribution in [3.05, 3.63) is 23.3 Å². The average molecular weight is 233 g/mol. The van der Waals surface area contributed by atoms with Crippen LogP contribution < -0.4 is 14.8 Å². The summed E-state index contributed by atoms with van der Waals surface area (Å²) in [5.41, 5.74) is 2.63. The zero-order valence-electron chi connectivity index (χ0n) is 10.7. The van der Waals surface area contributed by atoms with Gasteiger partial charge in [-0.15, -0.1) is 0 Å². The summed E-state index contributed by atoms with van der Waals surface area (Å²) in [6.07, 6.45) is 2.47. The molecule has 0 saturated carbocycles. The monoisotopic (exact) mass is 233 g/mol. The zero-order valence-corrected chi connectivity index (χ0v) is 10.7. The molecule has 2 aliphatic heterocycles. The molecule has 1 aromatic rings. The summed E-state index contributed by atoms with van der Waals surface area (Å²) in [6.45, 7) is 7.14. The molecule has 1 unspecified atom stereocenters. The van der Waals surface area contributed by atoms with Crippen molar-refractivity contribution in [2.75, 3.05) is 6.54 Å². The maximum Gasteiger partial charge on any atom is 0.246 e. The molecule has 0 spiro atoms. The number of hydrogen-bond acceptors (Lipinski definition) is 3. The molecule has 2 aliphatic rings. The molecule has 2 heterocycles. The molecular weight excluding hydrogens is 214 g/mol. The van der Waals surface area contributed by atoms with Gasteiger partial charge in [-0.2, -0.15) is 0 Å². The topological polar surface area (TPSA) is 30.5 Å². The molecule has 1 atom stereocenters. The molecule has 0 radical (unpaired) electrons. The number of aryl methyl sites for hydroxylation is 1. The van der Waals surface area contributed by atoms with E-state index < -0.39 is 5.79 Å². The van der Waals surface area contributed by atoms with Crippen molar-refractivity contribution in [1.29, 1.82) is 0 Å². The van der Waals surface area contributed by atoms with Crippen LogP contribution in [0.1, 0.15) is 43.9 Å². The highest BCUT2D eigenvalue weighted by Crippen LogP contribution is 2.42. The van der Waals surface area contributed by atoms with Crippen LogP contribution in [-0.4, -0.2) is 12.3 Å². The van der Waals surface area contributed by atoms with Gasteiger partial charge in [-0.25, -0.2) is 0 Å².